The fourth-order valence-electron chi connectivity index (χ4n) is 1.83. The van der Waals surface area contributed by atoms with E-state index in [2.05, 4.69) is 39.0 Å². The Balaban J connectivity index is 3.23. The van der Waals surface area contributed by atoms with Gasteiger partial charge in [-0.2, -0.15) is 5.26 Å². The minimum absolute atomic E-state index is 0.533. The molecule has 0 bridgehead atoms. The maximum atomic E-state index is 8.67. The van der Waals surface area contributed by atoms with Crippen LogP contribution in [0, 0.1) is 25.2 Å². The minimum atomic E-state index is 0.533. The van der Waals surface area contributed by atoms with Crippen LogP contribution in [-0.2, 0) is 12.8 Å². The maximum absolute atomic E-state index is 8.67. The van der Waals surface area contributed by atoms with E-state index in [-0.39, 0.29) is 0 Å². The van der Waals surface area contributed by atoms with Gasteiger partial charge in [-0.25, -0.2) is 0 Å². The second kappa shape index (κ2) is 4.09. The lowest BCUT2D eigenvalue weighted by atomic mass is 9.95. The second-order valence-corrected chi connectivity index (χ2v) is 3.41. The van der Waals surface area contributed by atoms with E-state index in [4.69, 9.17) is 5.26 Å². The van der Waals surface area contributed by atoms with E-state index in [0.717, 1.165) is 6.42 Å². The first-order valence-electron chi connectivity index (χ1n) is 4.65. The summed E-state index contributed by atoms with van der Waals surface area (Å²) in [6.07, 6.45) is 1.55. The molecule has 0 saturated heterocycles. The summed E-state index contributed by atoms with van der Waals surface area (Å²) in [5.74, 6) is 0. The number of nitriles is 1. The first kappa shape index (κ1) is 9.80. The van der Waals surface area contributed by atoms with Crippen molar-refractivity contribution in [1.29, 1.82) is 5.26 Å². The summed E-state index contributed by atoms with van der Waals surface area (Å²) in [4.78, 5) is 0. The van der Waals surface area contributed by atoms with Gasteiger partial charge in [-0.15, -0.1) is 0 Å². The molecule has 0 aliphatic rings. The summed E-state index contributed by atoms with van der Waals surface area (Å²) in [5, 5.41) is 8.67. The summed E-state index contributed by atoms with van der Waals surface area (Å²) < 4.78 is 0. The highest BCUT2D eigenvalue weighted by molar-refractivity contribution is 5.39. The Hall–Kier alpha value is -1.29. The molecule has 0 unspecified atom stereocenters. The minimum Gasteiger partial charge on any atom is -0.198 e. The molecule has 68 valence electrons. The third-order valence-corrected chi connectivity index (χ3v) is 2.33. The third kappa shape index (κ3) is 2.09. The Morgan fingerprint density at radius 3 is 2.54 bits per heavy atom. The van der Waals surface area contributed by atoms with Gasteiger partial charge in [0.25, 0.3) is 0 Å². The van der Waals surface area contributed by atoms with Crippen molar-refractivity contribution >= 4 is 0 Å². The Morgan fingerprint density at radius 1 is 1.31 bits per heavy atom. The number of hydrogen-bond acceptors (Lipinski definition) is 1. The molecule has 0 aliphatic heterocycles. The lowest BCUT2D eigenvalue weighted by Crippen LogP contribution is -1.96. The van der Waals surface area contributed by atoms with Crippen LogP contribution in [0.2, 0.25) is 0 Å². The van der Waals surface area contributed by atoms with Gasteiger partial charge in [-0.05, 0) is 37.0 Å². The lowest BCUT2D eigenvalue weighted by molar-refractivity contribution is 1.05. The summed E-state index contributed by atoms with van der Waals surface area (Å²) in [5.41, 5.74) is 5.10. The Labute approximate surface area is 80.0 Å². The number of benzene rings is 1. The van der Waals surface area contributed by atoms with Crippen LogP contribution < -0.4 is 0 Å². The average Bonchev–Trinajstić information content (AvgIpc) is 2.04. The first-order valence-corrected chi connectivity index (χ1v) is 4.65. The van der Waals surface area contributed by atoms with Crippen molar-refractivity contribution in [1.82, 2.24) is 0 Å². The van der Waals surface area contributed by atoms with Gasteiger partial charge >= 0.3 is 0 Å². The molecule has 1 aromatic carbocycles. The molecule has 0 radical (unpaired) electrons. The molecule has 1 aromatic rings. The molecule has 0 fully saturated rings. The molecule has 1 nitrogen and oxygen atoms in total. The topological polar surface area (TPSA) is 23.8 Å². The van der Waals surface area contributed by atoms with Crippen molar-refractivity contribution in [3.05, 3.63) is 34.4 Å². The summed E-state index contributed by atoms with van der Waals surface area (Å²) >= 11 is 0. The summed E-state index contributed by atoms with van der Waals surface area (Å²) in [6, 6.07) is 6.51. The summed E-state index contributed by atoms with van der Waals surface area (Å²) in [7, 11) is 0. The first-order chi connectivity index (χ1) is 6.19. The predicted octanol–water partition coefficient (Wildman–Crippen LogP) is 2.93. The number of nitrogens with zero attached hydrogens (tertiary/aromatic N) is 1. The molecule has 0 saturated carbocycles. The van der Waals surface area contributed by atoms with Crippen LogP contribution >= 0.6 is 0 Å². The van der Waals surface area contributed by atoms with Crippen molar-refractivity contribution in [3.8, 4) is 6.07 Å². The highest BCUT2D eigenvalue weighted by Crippen LogP contribution is 2.17. The van der Waals surface area contributed by atoms with E-state index in [1.165, 1.54) is 22.3 Å². The lowest BCUT2D eigenvalue weighted by Gasteiger charge is -2.09. The third-order valence-electron chi connectivity index (χ3n) is 2.33. The van der Waals surface area contributed by atoms with Crippen LogP contribution in [0.4, 0.5) is 0 Å². The van der Waals surface area contributed by atoms with Crippen LogP contribution in [0.25, 0.3) is 0 Å². The van der Waals surface area contributed by atoms with E-state index in [0.29, 0.717) is 6.42 Å². The van der Waals surface area contributed by atoms with Crippen molar-refractivity contribution in [2.45, 2.75) is 33.6 Å². The predicted molar refractivity (Wildman–Crippen MR) is 54.6 cm³/mol. The van der Waals surface area contributed by atoms with Gasteiger partial charge in [0.2, 0.25) is 0 Å². The van der Waals surface area contributed by atoms with E-state index in [1.54, 1.807) is 0 Å². The molecule has 1 heteroatoms. The number of aryl methyl sites for hydroxylation is 2. The number of rotatable bonds is 2. The fraction of sp³-hybridized carbons (Fsp3) is 0.417. The Kier molecular flexibility index (Phi) is 3.08. The van der Waals surface area contributed by atoms with E-state index in [1.807, 2.05) is 0 Å². The van der Waals surface area contributed by atoms with Gasteiger partial charge in [0.1, 0.15) is 0 Å². The normalized spacial score (nSPS) is 9.69. The van der Waals surface area contributed by atoms with Crippen LogP contribution in [0.15, 0.2) is 12.1 Å². The highest BCUT2D eigenvalue weighted by atomic mass is 14.2. The highest BCUT2D eigenvalue weighted by Gasteiger charge is 2.04. The van der Waals surface area contributed by atoms with E-state index in [9.17, 15) is 0 Å². The van der Waals surface area contributed by atoms with Gasteiger partial charge in [-0.1, -0.05) is 24.6 Å². The van der Waals surface area contributed by atoms with Gasteiger partial charge in [0.05, 0.1) is 12.5 Å². The standard InChI is InChI=1S/C12H15N/c1-4-12-10(3)7-9(2)8-11(12)5-6-13/h7-8H,4-5H2,1-3H3. The van der Waals surface area contributed by atoms with Crippen molar-refractivity contribution in [2.24, 2.45) is 0 Å². The molecule has 1 rings (SSSR count). The molecule has 0 aliphatic carbocycles. The van der Waals surface area contributed by atoms with Crippen LogP contribution in [0.1, 0.15) is 29.2 Å². The monoisotopic (exact) mass is 173 g/mol. The molecule has 0 heterocycles. The molecule has 13 heavy (non-hydrogen) atoms. The SMILES string of the molecule is CCc1c(C)cc(C)cc1CC#N. The van der Waals surface area contributed by atoms with Gasteiger partial charge < -0.3 is 0 Å². The zero-order valence-corrected chi connectivity index (χ0v) is 8.52. The van der Waals surface area contributed by atoms with Gasteiger partial charge in [-0.3, -0.25) is 0 Å². The Bertz CT molecular complexity index is 345. The molecule has 0 amide bonds. The van der Waals surface area contributed by atoms with Crippen LogP contribution in [0.5, 0.6) is 0 Å². The zero-order valence-electron chi connectivity index (χ0n) is 8.52. The molecular formula is C12H15N. The smallest absolute Gasteiger partial charge is 0.0669 e. The fourth-order valence-corrected chi connectivity index (χ4v) is 1.83. The van der Waals surface area contributed by atoms with Crippen LogP contribution in [0.3, 0.4) is 0 Å². The van der Waals surface area contributed by atoms with E-state index >= 15 is 0 Å². The van der Waals surface area contributed by atoms with Crippen molar-refractivity contribution < 1.29 is 0 Å². The largest absolute Gasteiger partial charge is 0.198 e. The zero-order chi connectivity index (χ0) is 9.84. The molecule has 0 aromatic heterocycles. The number of hydrogen-bond donors (Lipinski definition) is 0. The molecule has 0 N–H and O–H groups in total. The van der Waals surface area contributed by atoms with Crippen molar-refractivity contribution in [3.63, 3.8) is 0 Å². The molecular weight excluding hydrogens is 158 g/mol. The summed E-state index contributed by atoms with van der Waals surface area (Å²) in [6.45, 7) is 6.33. The quantitative estimate of drug-likeness (QED) is 0.674. The molecule has 0 atom stereocenters. The second-order valence-electron chi connectivity index (χ2n) is 3.41. The van der Waals surface area contributed by atoms with E-state index < -0.39 is 0 Å². The molecule has 0 spiro atoms. The van der Waals surface area contributed by atoms with Gasteiger partial charge in [0.15, 0.2) is 0 Å². The van der Waals surface area contributed by atoms with Crippen LogP contribution in [-0.4, -0.2) is 0 Å². The average molecular weight is 173 g/mol. The maximum Gasteiger partial charge on any atom is 0.0669 e. The van der Waals surface area contributed by atoms with Crippen molar-refractivity contribution in [2.75, 3.05) is 0 Å². The van der Waals surface area contributed by atoms with Gasteiger partial charge in [0, 0.05) is 0 Å². The Morgan fingerprint density at radius 2 is 2.00 bits per heavy atom.